The zero-order valence-corrected chi connectivity index (χ0v) is 7.33. The highest BCUT2D eigenvalue weighted by molar-refractivity contribution is 5.33. The largest absolute Gasteiger partial charge is 0.375 e. The quantitative estimate of drug-likeness (QED) is 0.603. The summed E-state index contributed by atoms with van der Waals surface area (Å²) < 4.78 is 0. The highest BCUT2D eigenvalue weighted by Crippen LogP contribution is 2.27. The standard InChI is InChI=1S/C11H11NO/c12-8-11(13)6-5-9-3-1-2-4-10(9)7-11/h1-4,13H,5-7H2/t11-/m0/s1. The first-order chi connectivity index (χ1) is 6.23. The van der Waals surface area contributed by atoms with Crippen molar-refractivity contribution in [2.24, 2.45) is 0 Å². The molecule has 1 atom stereocenters. The molecular weight excluding hydrogens is 162 g/mol. The molecule has 0 aromatic heterocycles. The number of rotatable bonds is 0. The van der Waals surface area contributed by atoms with E-state index in [0.717, 1.165) is 12.0 Å². The Morgan fingerprint density at radius 3 is 2.69 bits per heavy atom. The zero-order valence-electron chi connectivity index (χ0n) is 7.33. The number of nitrogens with zero attached hydrogens (tertiary/aromatic N) is 1. The summed E-state index contributed by atoms with van der Waals surface area (Å²) in [6.07, 6.45) is 1.83. The van der Waals surface area contributed by atoms with Crippen LogP contribution in [0.5, 0.6) is 0 Å². The molecule has 1 aromatic carbocycles. The van der Waals surface area contributed by atoms with Gasteiger partial charge < -0.3 is 5.11 Å². The molecule has 0 bridgehead atoms. The Labute approximate surface area is 77.4 Å². The molecule has 1 N–H and O–H groups in total. The van der Waals surface area contributed by atoms with Crippen molar-refractivity contribution in [3.8, 4) is 6.07 Å². The van der Waals surface area contributed by atoms with Crippen molar-refractivity contribution in [1.29, 1.82) is 5.26 Å². The summed E-state index contributed by atoms with van der Waals surface area (Å²) in [5.74, 6) is 0. The van der Waals surface area contributed by atoms with Crippen LogP contribution in [0.1, 0.15) is 17.5 Å². The molecule has 0 fully saturated rings. The molecule has 1 aliphatic rings. The van der Waals surface area contributed by atoms with Crippen LogP contribution in [-0.2, 0) is 12.8 Å². The van der Waals surface area contributed by atoms with Crippen LogP contribution in [-0.4, -0.2) is 10.7 Å². The third-order valence-electron chi connectivity index (χ3n) is 2.62. The van der Waals surface area contributed by atoms with E-state index < -0.39 is 5.60 Å². The van der Waals surface area contributed by atoms with Crippen LogP contribution in [0, 0.1) is 11.3 Å². The topological polar surface area (TPSA) is 44.0 Å². The molecule has 13 heavy (non-hydrogen) atoms. The number of fused-ring (bicyclic) bond motifs is 1. The predicted octanol–water partition coefficient (Wildman–Crippen LogP) is 1.43. The van der Waals surface area contributed by atoms with Gasteiger partial charge in [0.15, 0.2) is 5.60 Å². The smallest absolute Gasteiger partial charge is 0.155 e. The van der Waals surface area contributed by atoms with E-state index in [2.05, 4.69) is 6.07 Å². The van der Waals surface area contributed by atoms with Crippen LogP contribution in [0.15, 0.2) is 24.3 Å². The van der Waals surface area contributed by atoms with E-state index in [-0.39, 0.29) is 0 Å². The average Bonchev–Trinajstić information content (AvgIpc) is 2.18. The Morgan fingerprint density at radius 2 is 2.00 bits per heavy atom. The minimum Gasteiger partial charge on any atom is -0.375 e. The summed E-state index contributed by atoms with van der Waals surface area (Å²) in [6, 6.07) is 9.96. The molecule has 1 aliphatic carbocycles. The molecule has 0 unspecified atom stereocenters. The summed E-state index contributed by atoms with van der Waals surface area (Å²) in [5.41, 5.74) is 1.24. The lowest BCUT2D eigenvalue weighted by Gasteiger charge is -2.26. The molecule has 0 radical (unpaired) electrons. The average molecular weight is 173 g/mol. The van der Waals surface area contributed by atoms with Gasteiger partial charge in [0.2, 0.25) is 0 Å². The molecule has 66 valence electrons. The van der Waals surface area contributed by atoms with Crippen molar-refractivity contribution in [3.05, 3.63) is 35.4 Å². The molecule has 2 rings (SSSR count). The van der Waals surface area contributed by atoms with Gasteiger partial charge in [-0.1, -0.05) is 24.3 Å². The lowest BCUT2D eigenvalue weighted by atomic mass is 9.81. The monoisotopic (exact) mass is 173 g/mol. The van der Waals surface area contributed by atoms with Crippen LogP contribution < -0.4 is 0 Å². The molecule has 0 aliphatic heterocycles. The summed E-state index contributed by atoms with van der Waals surface area (Å²) >= 11 is 0. The fraction of sp³-hybridized carbons (Fsp3) is 0.364. The minimum atomic E-state index is -1.13. The third-order valence-corrected chi connectivity index (χ3v) is 2.62. The normalized spacial score (nSPS) is 26.2. The van der Waals surface area contributed by atoms with Gasteiger partial charge in [-0.2, -0.15) is 5.26 Å². The minimum absolute atomic E-state index is 0.472. The number of aliphatic hydroxyl groups is 1. The number of nitriles is 1. The first-order valence-electron chi connectivity index (χ1n) is 4.44. The Morgan fingerprint density at radius 1 is 1.31 bits per heavy atom. The summed E-state index contributed by atoms with van der Waals surface area (Å²) in [7, 11) is 0. The van der Waals surface area contributed by atoms with Gasteiger partial charge in [-0.15, -0.1) is 0 Å². The first kappa shape index (κ1) is 8.28. The molecule has 1 aromatic rings. The van der Waals surface area contributed by atoms with E-state index in [9.17, 15) is 5.11 Å². The second kappa shape index (κ2) is 2.86. The fourth-order valence-electron chi connectivity index (χ4n) is 1.81. The van der Waals surface area contributed by atoms with E-state index >= 15 is 0 Å². The van der Waals surface area contributed by atoms with Gasteiger partial charge in [0, 0.05) is 6.42 Å². The summed E-state index contributed by atoms with van der Waals surface area (Å²) in [4.78, 5) is 0. The van der Waals surface area contributed by atoms with Crippen LogP contribution in [0.2, 0.25) is 0 Å². The second-order valence-electron chi connectivity index (χ2n) is 3.59. The van der Waals surface area contributed by atoms with Crippen LogP contribution in [0.4, 0.5) is 0 Å². The molecular formula is C11H11NO. The maximum absolute atomic E-state index is 9.77. The molecule has 0 amide bonds. The number of benzene rings is 1. The molecule has 0 saturated heterocycles. The molecule has 0 heterocycles. The summed E-state index contributed by atoms with van der Waals surface area (Å²) in [6.45, 7) is 0. The van der Waals surface area contributed by atoms with E-state index in [1.807, 2.05) is 24.3 Å². The first-order valence-corrected chi connectivity index (χ1v) is 4.44. The zero-order chi connectivity index (χ0) is 9.31. The van der Waals surface area contributed by atoms with E-state index in [1.54, 1.807) is 0 Å². The van der Waals surface area contributed by atoms with Crippen LogP contribution in [0.3, 0.4) is 0 Å². The Kier molecular flexibility index (Phi) is 1.82. The maximum Gasteiger partial charge on any atom is 0.155 e. The van der Waals surface area contributed by atoms with Gasteiger partial charge in [-0.3, -0.25) is 0 Å². The molecule has 2 nitrogen and oxygen atoms in total. The van der Waals surface area contributed by atoms with Crippen molar-refractivity contribution in [1.82, 2.24) is 0 Å². The van der Waals surface area contributed by atoms with Gasteiger partial charge in [-0.25, -0.2) is 0 Å². The Balaban J connectivity index is 2.36. The lowest BCUT2D eigenvalue weighted by Crippen LogP contribution is -2.33. The summed E-state index contributed by atoms with van der Waals surface area (Å²) in [5, 5.41) is 18.5. The van der Waals surface area contributed by atoms with Gasteiger partial charge in [0.25, 0.3) is 0 Å². The van der Waals surface area contributed by atoms with Crippen LogP contribution >= 0.6 is 0 Å². The SMILES string of the molecule is N#C[C@]1(O)CCc2ccccc2C1. The van der Waals surface area contributed by atoms with Crippen LogP contribution in [0.25, 0.3) is 0 Å². The van der Waals surface area contributed by atoms with E-state index in [1.165, 1.54) is 5.56 Å². The Hall–Kier alpha value is -1.33. The number of aryl methyl sites for hydroxylation is 1. The van der Waals surface area contributed by atoms with Gasteiger partial charge in [0.1, 0.15) is 0 Å². The van der Waals surface area contributed by atoms with Gasteiger partial charge in [-0.05, 0) is 24.0 Å². The number of hydrogen-bond donors (Lipinski definition) is 1. The molecule has 0 saturated carbocycles. The van der Waals surface area contributed by atoms with Crippen molar-refractivity contribution in [2.45, 2.75) is 24.9 Å². The van der Waals surface area contributed by atoms with Gasteiger partial charge in [0.05, 0.1) is 6.07 Å². The number of hydrogen-bond acceptors (Lipinski definition) is 2. The molecule has 0 spiro atoms. The van der Waals surface area contributed by atoms with E-state index in [4.69, 9.17) is 5.26 Å². The lowest BCUT2D eigenvalue weighted by molar-refractivity contribution is 0.0840. The van der Waals surface area contributed by atoms with Crippen molar-refractivity contribution >= 4 is 0 Å². The predicted molar refractivity (Wildman–Crippen MR) is 49.0 cm³/mol. The third kappa shape index (κ3) is 1.43. The Bertz CT molecular complexity index is 367. The maximum atomic E-state index is 9.77. The highest BCUT2D eigenvalue weighted by Gasteiger charge is 2.31. The van der Waals surface area contributed by atoms with Gasteiger partial charge >= 0.3 is 0 Å². The fourth-order valence-corrected chi connectivity index (χ4v) is 1.81. The van der Waals surface area contributed by atoms with Crippen molar-refractivity contribution < 1.29 is 5.11 Å². The second-order valence-corrected chi connectivity index (χ2v) is 3.59. The molecule has 2 heteroatoms. The van der Waals surface area contributed by atoms with Crippen molar-refractivity contribution in [3.63, 3.8) is 0 Å². The van der Waals surface area contributed by atoms with Crippen molar-refractivity contribution in [2.75, 3.05) is 0 Å². The highest BCUT2D eigenvalue weighted by atomic mass is 16.3. The van der Waals surface area contributed by atoms with E-state index in [0.29, 0.717) is 12.8 Å².